The second-order valence-corrected chi connectivity index (χ2v) is 3.94. The third-order valence-electron chi connectivity index (χ3n) is 2.52. The molecular weight excluding hydrogens is 247 g/mol. The molecule has 3 N–H and O–H groups in total. The Bertz CT molecular complexity index is 650. The van der Waals surface area contributed by atoms with Crippen LogP contribution in [0.2, 0.25) is 0 Å². The van der Waals surface area contributed by atoms with Crippen LogP contribution in [-0.4, -0.2) is 5.11 Å². The van der Waals surface area contributed by atoms with Gasteiger partial charge in [-0.15, -0.1) is 0 Å². The van der Waals surface area contributed by atoms with Gasteiger partial charge >= 0.3 is 0 Å². The number of benzene rings is 2. The molecule has 0 aliphatic heterocycles. The minimum absolute atomic E-state index is 0.0556. The van der Waals surface area contributed by atoms with Crippen molar-refractivity contribution < 1.29 is 14.2 Å². The fourth-order valence-electron chi connectivity index (χ4n) is 1.62. The lowest BCUT2D eigenvalue weighted by atomic mass is 10.1. The predicted molar refractivity (Wildman–Crippen MR) is 68.0 cm³/mol. The van der Waals surface area contributed by atoms with Gasteiger partial charge in [0, 0.05) is 0 Å². The average molecular weight is 258 g/mol. The van der Waals surface area contributed by atoms with Crippen LogP contribution in [0, 0.1) is 17.1 Å². The zero-order valence-corrected chi connectivity index (χ0v) is 9.93. The van der Waals surface area contributed by atoms with E-state index in [9.17, 15) is 9.50 Å². The molecule has 0 heterocycles. The van der Waals surface area contributed by atoms with E-state index < -0.39 is 5.82 Å². The summed E-state index contributed by atoms with van der Waals surface area (Å²) in [6, 6.07) is 10.4. The highest BCUT2D eigenvalue weighted by molar-refractivity contribution is 5.61. The normalized spacial score (nSPS) is 9.89. The van der Waals surface area contributed by atoms with E-state index in [4.69, 9.17) is 15.7 Å². The third-order valence-corrected chi connectivity index (χ3v) is 2.52. The maximum Gasteiger partial charge on any atom is 0.146 e. The summed E-state index contributed by atoms with van der Waals surface area (Å²) < 4.78 is 18.6. The summed E-state index contributed by atoms with van der Waals surface area (Å²) in [5.74, 6) is -0.265. The molecule has 4 nitrogen and oxygen atoms in total. The van der Waals surface area contributed by atoms with Crippen LogP contribution in [0.4, 0.5) is 10.1 Å². The molecule has 96 valence electrons. The number of hydrogen-bond acceptors (Lipinski definition) is 4. The zero-order valence-electron chi connectivity index (χ0n) is 9.93. The Morgan fingerprint density at radius 3 is 2.84 bits per heavy atom. The van der Waals surface area contributed by atoms with E-state index in [1.807, 2.05) is 6.07 Å². The van der Waals surface area contributed by atoms with Gasteiger partial charge in [0.15, 0.2) is 0 Å². The van der Waals surface area contributed by atoms with Gasteiger partial charge in [-0.1, -0.05) is 6.07 Å². The number of aromatic hydroxyl groups is 1. The number of nitriles is 1. The second-order valence-electron chi connectivity index (χ2n) is 3.94. The Hall–Kier alpha value is -2.74. The summed E-state index contributed by atoms with van der Waals surface area (Å²) in [5.41, 5.74) is 6.49. The van der Waals surface area contributed by atoms with Gasteiger partial charge in [0.1, 0.15) is 29.6 Å². The molecule has 0 radical (unpaired) electrons. The van der Waals surface area contributed by atoms with Gasteiger partial charge in [-0.2, -0.15) is 5.26 Å². The van der Waals surface area contributed by atoms with Gasteiger partial charge in [0.25, 0.3) is 0 Å². The second kappa shape index (κ2) is 5.27. The van der Waals surface area contributed by atoms with Crippen molar-refractivity contribution in [2.45, 2.75) is 6.61 Å². The summed E-state index contributed by atoms with van der Waals surface area (Å²) in [5, 5.41) is 18.2. The first-order chi connectivity index (χ1) is 9.10. The number of anilines is 1. The molecule has 2 rings (SSSR count). The molecule has 5 heteroatoms. The Morgan fingerprint density at radius 1 is 1.32 bits per heavy atom. The summed E-state index contributed by atoms with van der Waals surface area (Å²) in [7, 11) is 0. The molecule has 0 spiro atoms. The first-order valence-corrected chi connectivity index (χ1v) is 5.50. The minimum atomic E-state index is -0.499. The van der Waals surface area contributed by atoms with Crippen LogP contribution in [0.5, 0.6) is 11.5 Å². The van der Waals surface area contributed by atoms with Crippen molar-refractivity contribution in [2.75, 3.05) is 5.73 Å². The van der Waals surface area contributed by atoms with Crippen LogP contribution >= 0.6 is 0 Å². The molecule has 0 saturated heterocycles. The van der Waals surface area contributed by atoms with Gasteiger partial charge < -0.3 is 15.6 Å². The molecule has 0 atom stereocenters. The predicted octanol–water partition coefficient (Wildman–Crippen LogP) is 2.56. The number of halogens is 1. The van der Waals surface area contributed by atoms with Crippen LogP contribution in [0.25, 0.3) is 0 Å². The Kier molecular flexibility index (Phi) is 3.53. The molecule has 0 aliphatic rings. The molecule has 2 aromatic carbocycles. The summed E-state index contributed by atoms with van der Waals surface area (Å²) in [6.45, 7) is 0.0556. The van der Waals surface area contributed by atoms with E-state index in [1.165, 1.54) is 18.2 Å². The first-order valence-electron chi connectivity index (χ1n) is 5.50. The standard InChI is InChI=1S/C14H11FN2O2/c15-11-5-9(7-16)4-10(6-11)8-19-13-3-1-2-12(18)14(13)17/h1-6,18H,8,17H2. The molecule has 0 aliphatic carbocycles. The molecule has 19 heavy (non-hydrogen) atoms. The van der Waals surface area contributed by atoms with Crippen molar-refractivity contribution >= 4 is 5.69 Å². The van der Waals surface area contributed by atoms with Crippen molar-refractivity contribution in [1.82, 2.24) is 0 Å². The number of nitrogens with two attached hydrogens (primary N) is 1. The number of para-hydroxylation sites is 1. The zero-order chi connectivity index (χ0) is 13.8. The number of nitrogens with zero attached hydrogens (tertiary/aromatic N) is 1. The van der Waals surface area contributed by atoms with Gasteiger partial charge in [-0.05, 0) is 35.9 Å². The van der Waals surface area contributed by atoms with Crippen LogP contribution in [0.1, 0.15) is 11.1 Å². The Morgan fingerprint density at radius 2 is 2.11 bits per heavy atom. The molecule has 0 bridgehead atoms. The number of rotatable bonds is 3. The number of phenols is 1. The molecule has 0 amide bonds. The minimum Gasteiger partial charge on any atom is -0.506 e. The number of hydrogen-bond donors (Lipinski definition) is 2. The third kappa shape index (κ3) is 2.93. The van der Waals surface area contributed by atoms with E-state index in [0.717, 1.165) is 6.07 Å². The van der Waals surface area contributed by atoms with Crippen molar-refractivity contribution in [3.63, 3.8) is 0 Å². The van der Waals surface area contributed by atoms with Crippen LogP contribution in [0.15, 0.2) is 36.4 Å². The van der Waals surface area contributed by atoms with Crippen LogP contribution in [0.3, 0.4) is 0 Å². The monoisotopic (exact) mass is 258 g/mol. The van der Waals surface area contributed by atoms with Crippen molar-refractivity contribution in [3.05, 3.63) is 53.3 Å². The Balaban J connectivity index is 2.17. The summed E-state index contributed by atoms with van der Waals surface area (Å²) in [6.07, 6.45) is 0. The van der Waals surface area contributed by atoms with Gasteiger partial charge in [0.2, 0.25) is 0 Å². The molecule has 0 saturated carbocycles. The topological polar surface area (TPSA) is 79.3 Å². The summed E-state index contributed by atoms with van der Waals surface area (Å²) in [4.78, 5) is 0. The lowest BCUT2D eigenvalue weighted by molar-refractivity contribution is 0.306. The van der Waals surface area contributed by atoms with Crippen LogP contribution in [-0.2, 0) is 6.61 Å². The Labute approximate surface area is 109 Å². The highest BCUT2D eigenvalue weighted by Crippen LogP contribution is 2.30. The summed E-state index contributed by atoms with van der Waals surface area (Å²) >= 11 is 0. The number of ether oxygens (including phenoxy) is 1. The highest BCUT2D eigenvalue weighted by atomic mass is 19.1. The first kappa shape index (κ1) is 12.7. The lowest BCUT2D eigenvalue weighted by Crippen LogP contribution is -2.00. The fraction of sp³-hybridized carbons (Fsp3) is 0.0714. The van der Waals surface area contributed by atoms with E-state index in [1.54, 1.807) is 12.1 Å². The molecule has 0 unspecified atom stereocenters. The van der Waals surface area contributed by atoms with Crippen molar-refractivity contribution in [3.8, 4) is 17.6 Å². The quantitative estimate of drug-likeness (QED) is 0.655. The van der Waals surface area contributed by atoms with Crippen molar-refractivity contribution in [1.29, 1.82) is 5.26 Å². The number of nitrogen functional groups attached to an aromatic ring is 1. The van der Waals surface area contributed by atoms with Gasteiger partial charge in [-0.25, -0.2) is 4.39 Å². The average Bonchev–Trinajstić information content (AvgIpc) is 2.40. The van der Waals surface area contributed by atoms with E-state index in [0.29, 0.717) is 11.3 Å². The number of phenolic OH excluding ortho intramolecular Hbond substituents is 1. The maximum atomic E-state index is 13.2. The largest absolute Gasteiger partial charge is 0.506 e. The van der Waals surface area contributed by atoms with E-state index in [2.05, 4.69) is 0 Å². The molecule has 0 aromatic heterocycles. The maximum absolute atomic E-state index is 13.2. The van der Waals surface area contributed by atoms with Crippen LogP contribution < -0.4 is 10.5 Å². The fourth-order valence-corrected chi connectivity index (χ4v) is 1.62. The van der Waals surface area contributed by atoms with E-state index >= 15 is 0 Å². The van der Waals surface area contributed by atoms with Gasteiger partial charge in [0.05, 0.1) is 11.6 Å². The molecule has 2 aromatic rings. The highest BCUT2D eigenvalue weighted by Gasteiger charge is 2.06. The lowest BCUT2D eigenvalue weighted by Gasteiger charge is -2.10. The van der Waals surface area contributed by atoms with Crippen molar-refractivity contribution in [2.24, 2.45) is 0 Å². The molecule has 0 fully saturated rings. The SMILES string of the molecule is N#Cc1cc(F)cc(COc2cccc(O)c2N)c1. The smallest absolute Gasteiger partial charge is 0.146 e. The molecular formula is C14H11FN2O2. The van der Waals surface area contributed by atoms with Gasteiger partial charge in [-0.3, -0.25) is 0 Å². The van der Waals surface area contributed by atoms with E-state index in [-0.39, 0.29) is 23.6 Å².